The van der Waals surface area contributed by atoms with Crippen LogP contribution >= 0.6 is 11.3 Å². The Bertz CT molecular complexity index is 595. The van der Waals surface area contributed by atoms with Crippen molar-refractivity contribution in [3.63, 3.8) is 0 Å². The van der Waals surface area contributed by atoms with Crippen LogP contribution in [0, 0.1) is 0 Å². The third kappa shape index (κ3) is 2.46. The Labute approximate surface area is 106 Å². The van der Waals surface area contributed by atoms with Crippen molar-refractivity contribution < 1.29 is 14.7 Å². The maximum absolute atomic E-state index is 11.0. The number of aromatic carboxylic acids is 1. The summed E-state index contributed by atoms with van der Waals surface area (Å²) in [6.45, 7) is 0. The molecule has 0 aliphatic carbocycles. The second-order valence-electron chi connectivity index (χ2n) is 3.39. The largest absolute Gasteiger partial charge is 0.478 e. The van der Waals surface area contributed by atoms with Crippen molar-refractivity contribution >= 4 is 28.3 Å². The number of carbonyl (C=O) groups excluding carboxylic acids is 1. The van der Waals surface area contributed by atoms with Gasteiger partial charge in [-0.15, -0.1) is 11.3 Å². The van der Waals surface area contributed by atoms with Crippen LogP contribution in [0.2, 0.25) is 0 Å². The third-order valence-electron chi connectivity index (χ3n) is 2.15. The molecule has 0 atom stereocenters. The number of amides is 2. The van der Waals surface area contributed by atoms with Crippen molar-refractivity contribution in [3.8, 4) is 10.4 Å². The summed E-state index contributed by atoms with van der Waals surface area (Å²) in [5, 5.41) is 11.6. The van der Waals surface area contributed by atoms with Gasteiger partial charge < -0.3 is 10.8 Å². The van der Waals surface area contributed by atoms with Crippen molar-refractivity contribution in [3.05, 3.63) is 36.2 Å². The molecule has 7 heteroatoms. The second kappa shape index (κ2) is 4.84. The molecular weight excluding hydrogens is 254 g/mol. The van der Waals surface area contributed by atoms with Gasteiger partial charge in [-0.1, -0.05) is 6.07 Å². The Morgan fingerprint density at radius 3 is 2.78 bits per heavy atom. The van der Waals surface area contributed by atoms with Crippen LogP contribution in [-0.2, 0) is 0 Å². The molecule has 0 aliphatic rings. The van der Waals surface area contributed by atoms with Gasteiger partial charge in [0.2, 0.25) is 0 Å². The van der Waals surface area contributed by atoms with E-state index >= 15 is 0 Å². The van der Waals surface area contributed by atoms with E-state index in [2.05, 4.69) is 10.3 Å². The number of nitrogens with zero attached hydrogens (tertiary/aromatic N) is 1. The molecule has 0 bridgehead atoms. The molecule has 92 valence electrons. The van der Waals surface area contributed by atoms with E-state index in [0.717, 1.165) is 16.9 Å². The summed E-state index contributed by atoms with van der Waals surface area (Å²) in [5.41, 5.74) is 5.78. The van der Waals surface area contributed by atoms with Gasteiger partial charge in [-0.05, 0) is 12.1 Å². The Balaban J connectivity index is 2.45. The number of anilines is 1. The topological polar surface area (TPSA) is 105 Å². The molecule has 0 saturated carbocycles. The minimum absolute atomic E-state index is 0.0117. The van der Waals surface area contributed by atoms with Gasteiger partial charge in [0.05, 0.1) is 5.56 Å². The minimum Gasteiger partial charge on any atom is -0.478 e. The number of primary amides is 1. The van der Waals surface area contributed by atoms with Gasteiger partial charge in [0, 0.05) is 22.8 Å². The molecule has 18 heavy (non-hydrogen) atoms. The van der Waals surface area contributed by atoms with Gasteiger partial charge >= 0.3 is 12.0 Å². The standard InChI is InChI=1S/C11H9N3O3S/c12-11(17)14-9-7(10(15)16)4-8(18-9)6-2-1-3-13-5-6/h1-5H,(H,15,16)(H3,12,14,17). The summed E-state index contributed by atoms with van der Waals surface area (Å²) in [5.74, 6) is -1.12. The molecule has 2 amide bonds. The van der Waals surface area contributed by atoms with E-state index in [0.29, 0.717) is 4.88 Å². The van der Waals surface area contributed by atoms with Crippen LogP contribution in [0.15, 0.2) is 30.6 Å². The summed E-state index contributed by atoms with van der Waals surface area (Å²) in [4.78, 5) is 26.5. The van der Waals surface area contributed by atoms with Crippen LogP contribution in [0.3, 0.4) is 0 Å². The van der Waals surface area contributed by atoms with E-state index in [9.17, 15) is 9.59 Å². The first-order chi connectivity index (χ1) is 8.58. The number of aromatic nitrogens is 1. The molecule has 0 aliphatic heterocycles. The van der Waals surface area contributed by atoms with Crippen LogP contribution in [0.25, 0.3) is 10.4 Å². The van der Waals surface area contributed by atoms with Crippen molar-refractivity contribution in [1.29, 1.82) is 0 Å². The van der Waals surface area contributed by atoms with Crippen molar-refractivity contribution in [2.24, 2.45) is 5.73 Å². The monoisotopic (exact) mass is 263 g/mol. The second-order valence-corrected chi connectivity index (χ2v) is 4.44. The molecule has 0 fully saturated rings. The molecule has 0 saturated heterocycles. The van der Waals surface area contributed by atoms with Crippen LogP contribution in [0.4, 0.5) is 9.80 Å². The van der Waals surface area contributed by atoms with Crippen molar-refractivity contribution in [2.75, 3.05) is 5.32 Å². The quantitative estimate of drug-likeness (QED) is 0.787. The number of carbonyl (C=O) groups is 2. The summed E-state index contributed by atoms with van der Waals surface area (Å²) in [7, 11) is 0. The molecule has 0 radical (unpaired) electrons. The van der Waals surface area contributed by atoms with E-state index in [-0.39, 0.29) is 10.6 Å². The smallest absolute Gasteiger partial charge is 0.338 e. The summed E-state index contributed by atoms with van der Waals surface area (Å²) >= 11 is 1.14. The van der Waals surface area contributed by atoms with Gasteiger partial charge in [0.1, 0.15) is 5.00 Å². The van der Waals surface area contributed by atoms with Crippen LogP contribution in [0.1, 0.15) is 10.4 Å². The first-order valence-corrected chi connectivity index (χ1v) is 5.73. The Hall–Kier alpha value is -2.41. The van der Waals surface area contributed by atoms with E-state index in [4.69, 9.17) is 10.8 Å². The van der Waals surface area contributed by atoms with E-state index in [1.165, 1.54) is 6.07 Å². The van der Waals surface area contributed by atoms with Crippen LogP contribution in [-0.4, -0.2) is 22.1 Å². The highest BCUT2D eigenvalue weighted by atomic mass is 32.1. The lowest BCUT2D eigenvalue weighted by Crippen LogP contribution is -2.19. The van der Waals surface area contributed by atoms with Gasteiger partial charge in [0.25, 0.3) is 0 Å². The summed E-state index contributed by atoms with van der Waals surface area (Å²) in [6, 6.07) is 4.24. The number of urea groups is 1. The van der Waals surface area contributed by atoms with Gasteiger partial charge in [0.15, 0.2) is 0 Å². The first-order valence-electron chi connectivity index (χ1n) is 4.92. The first kappa shape index (κ1) is 12.1. The SMILES string of the molecule is NC(=O)Nc1sc(-c2cccnc2)cc1C(=O)O. The molecule has 2 aromatic rings. The fraction of sp³-hybridized carbons (Fsp3) is 0. The predicted octanol–water partition coefficient (Wildman–Crippen LogP) is 2.00. The summed E-state index contributed by atoms with van der Waals surface area (Å²) < 4.78 is 0. The molecule has 4 N–H and O–H groups in total. The number of carboxylic acids is 1. The average Bonchev–Trinajstić information content (AvgIpc) is 2.73. The lowest BCUT2D eigenvalue weighted by molar-refractivity contribution is 0.0698. The molecule has 0 unspecified atom stereocenters. The zero-order chi connectivity index (χ0) is 13.1. The highest BCUT2D eigenvalue weighted by Crippen LogP contribution is 2.34. The molecule has 2 aromatic heterocycles. The summed E-state index contributed by atoms with van der Waals surface area (Å²) in [6.07, 6.45) is 3.24. The lowest BCUT2D eigenvalue weighted by Gasteiger charge is -1.98. The van der Waals surface area contributed by atoms with Crippen molar-refractivity contribution in [1.82, 2.24) is 4.98 Å². The number of rotatable bonds is 3. The maximum atomic E-state index is 11.0. The Morgan fingerprint density at radius 2 is 2.22 bits per heavy atom. The predicted molar refractivity (Wildman–Crippen MR) is 67.7 cm³/mol. The molecule has 2 heterocycles. The lowest BCUT2D eigenvalue weighted by atomic mass is 10.2. The number of hydrogen-bond acceptors (Lipinski definition) is 4. The van der Waals surface area contributed by atoms with E-state index in [1.807, 2.05) is 0 Å². The fourth-order valence-electron chi connectivity index (χ4n) is 1.41. The third-order valence-corrected chi connectivity index (χ3v) is 3.24. The highest BCUT2D eigenvalue weighted by molar-refractivity contribution is 7.20. The maximum Gasteiger partial charge on any atom is 0.338 e. The number of pyridine rings is 1. The normalized spacial score (nSPS) is 10.0. The van der Waals surface area contributed by atoms with Gasteiger partial charge in [-0.2, -0.15) is 0 Å². The van der Waals surface area contributed by atoms with E-state index in [1.54, 1.807) is 24.5 Å². The molecule has 6 nitrogen and oxygen atoms in total. The van der Waals surface area contributed by atoms with Gasteiger partial charge in [-0.25, -0.2) is 9.59 Å². The zero-order valence-corrected chi connectivity index (χ0v) is 9.90. The van der Waals surface area contributed by atoms with E-state index < -0.39 is 12.0 Å². The number of hydrogen-bond donors (Lipinski definition) is 3. The Morgan fingerprint density at radius 1 is 1.44 bits per heavy atom. The Kier molecular flexibility index (Phi) is 3.24. The molecular formula is C11H9N3O3S. The highest BCUT2D eigenvalue weighted by Gasteiger charge is 2.17. The molecule has 2 rings (SSSR count). The molecule has 0 spiro atoms. The molecule has 0 aromatic carbocycles. The average molecular weight is 263 g/mol. The van der Waals surface area contributed by atoms with Gasteiger partial charge in [-0.3, -0.25) is 10.3 Å². The fourth-order valence-corrected chi connectivity index (χ4v) is 2.45. The minimum atomic E-state index is -1.12. The zero-order valence-electron chi connectivity index (χ0n) is 9.08. The van der Waals surface area contributed by atoms with Crippen LogP contribution in [0.5, 0.6) is 0 Å². The number of nitrogens with one attached hydrogen (secondary N) is 1. The number of thiophene rings is 1. The number of carboxylic acid groups (broad SMARTS) is 1. The van der Waals surface area contributed by atoms with Crippen LogP contribution < -0.4 is 11.1 Å². The number of nitrogens with two attached hydrogens (primary N) is 1. The van der Waals surface area contributed by atoms with Crippen molar-refractivity contribution in [2.45, 2.75) is 0 Å².